The number of fused-ring (bicyclic) bond motifs is 2. The van der Waals surface area contributed by atoms with Gasteiger partial charge < -0.3 is 9.80 Å². The van der Waals surface area contributed by atoms with Crippen molar-refractivity contribution in [2.75, 3.05) is 36.0 Å². The number of nitrogens with zero attached hydrogens (tertiary/aromatic N) is 4. The van der Waals surface area contributed by atoms with Crippen molar-refractivity contribution in [2.24, 2.45) is 0 Å². The molecule has 0 radical (unpaired) electrons. The van der Waals surface area contributed by atoms with Crippen molar-refractivity contribution in [1.82, 2.24) is 9.97 Å². The Labute approximate surface area is 168 Å². The Balaban J connectivity index is 1.35. The minimum absolute atomic E-state index is 0.719. The molecule has 0 amide bonds. The summed E-state index contributed by atoms with van der Waals surface area (Å²) < 4.78 is 2.27. The maximum atomic E-state index is 6.26. The molecular weight excluding hydrogens is 407 g/mol. The number of piperazine rings is 1. The number of halogens is 2. The molecule has 2 aromatic carbocycles. The molecule has 1 fully saturated rings. The van der Waals surface area contributed by atoms with E-state index in [0.29, 0.717) is 0 Å². The molecule has 2 aromatic heterocycles. The molecule has 8 heteroatoms. The van der Waals surface area contributed by atoms with E-state index in [9.17, 15) is 0 Å². The van der Waals surface area contributed by atoms with E-state index in [1.807, 2.05) is 30.3 Å². The van der Waals surface area contributed by atoms with Crippen LogP contribution in [-0.2, 0) is 0 Å². The van der Waals surface area contributed by atoms with Gasteiger partial charge in [-0.1, -0.05) is 51.9 Å². The molecule has 5 rings (SSSR count). The number of anilines is 2. The molecule has 0 atom stereocenters. The van der Waals surface area contributed by atoms with Crippen molar-refractivity contribution in [2.45, 2.75) is 0 Å². The average Bonchev–Trinajstić information content (AvgIpc) is 3.26. The second kappa shape index (κ2) is 6.53. The summed E-state index contributed by atoms with van der Waals surface area (Å²) in [6, 6.07) is 11.8. The maximum absolute atomic E-state index is 6.26. The molecule has 4 aromatic rings. The van der Waals surface area contributed by atoms with Crippen LogP contribution in [-0.4, -0.2) is 36.1 Å². The van der Waals surface area contributed by atoms with Crippen molar-refractivity contribution in [1.29, 1.82) is 0 Å². The fourth-order valence-electron chi connectivity index (χ4n) is 3.15. The predicted molar refractivity (Wildman–Crippen MR) is 114 cm³/mol. The molecular formula is C18H14Cl2N4S2. The van der Waals surface area contributed by atoms with Gasteiger partial charge in [0.1, 0.15) is 5.52 Å². The van der Waals surface area contributed by atoms with E-state index in [-0.39, 0.29) is 0 Å². The predicted octanol–water partition coefficient (Wildman–Crippen LogP) is 5.54. The number of thiazole rings is 2. The Hall–Kier alpha value is -1.60. The first kappa shape index (κ1) is 16.6. The molecule has 1 aliphatic rings. The lowest BCUT2D eigenvalue weighted by Gasteiger charge is -2.34. The largest absolute Gasteiger partial charge is 0.345 e. The Morgan fingerprint density at radius 1 is 0.808 bits per heavy atom. The van der Waals surface area contributed by atoms with E-state index in [2.05, 4.69) is 15.9 Å². The van der Waals surface area contributed by atoms with Crippen LogP contribution < -0.4 is 9.80 Å². The Morgan fingerprint density at radius 2 is 1.50 bits per heavy atom. The van der Waals surface area contributed by atoms with Gasteiger partial charge in [-0.3, -0.25) is 0 Å². The van der Waals surface area contributed by atoms with Crippen molar-refractivity contribution in [3.05, 3.63) is 46.4 Å². The van der Waals surface area contributed by atoms with Crippen molar-refractivity contribution in [3.8, 4) is 0 Å². The molecule has 0 aliphatic carbocycles. The van der Waals surface area contributed by atoms with Crippen molar-refractivity contribution in [3.63, 3.8) is 0 Å². The minimum Gasteiger partial charge on any atom is -0.345 e. The monoisotopic (exact) mass is 420 g/mol. The topological polar surface area (TPSA) is 32.3 Å². The molecule has 1 saturated heterocycles. The van der Waals surface area contributed by atoms with Gasteiger partial charge in [0, 0.05) is 31.2 Å². The van der Waals surface area contributed by atoms with Crippen LogP contribution in [0.5, 0.6) is 0 Å². The van der Waals surface area contributed by atoms with E-state index in [1.54, 1.807) is 22.7 Å². The van der Waals surface area contributed by atoms with E-state index in [1.165, 1.54) is 0 Å². The summed E-state index contributed by atoms with van der Waals surface area (Å²) in [7, 11) is 0. The number of benzene rings is 2. The van der Waals surface area contributed by atoms with Crippen LogP contribution in [0, 0.1) is 0 Å². The van der Waals surface area contributed by atoms with Gasteiger partial charge in [0.2, 0.25) is 0 Å². The zero-order chi connectivity index (χ0) is 17.7. The SMILES string of the molecule is Clc1ccc2nc(N3CCN(c4nc5c(Cl)cccc5s4)CC3)sc2c1. The van der Waals surface area contributed by atoms with Crippen molar-refractivity contribution >= 4 is 76.6 Å². The minimum atomic E-state index is 0.719. The zero-order valence-corrected chi connectivity index (χ0v) is 16.8. The first-order valence-electron chi connectivity index (χ1n) is 8.28. The van der Waals surface area contributed by atoms with E-state index < -0.39 is 0 Å². The molecule has 0 unspecified atom stereocenters. The molecule has 4 nitrogen and oxygen atoms in total. The van der Waals surface area contributed by atoms with Gasteiger partial charge >= 0.3 is 0 Å². The lowest BCUT2D eigenvalue weighted by atomic mass is 10.3. The van der Waals surface area contributed by atoms with Crippen molar-refractivity contribution < 1.29 is 0 Å². The van der Waals surface area contributed by atoms with Crippen LogP contribution in [0.1, 0.15) is 0 Å². The summed E-state index contributed by atoms with van der Waals surface area (Å²) in [4.78, 5) is 14.2. The van der Waals surface area contributed by atoms with Crippen LogP contribution in [0.3, 0.4) is 0 Å². The summed E-state index contributed by atoms with van der Waals surface area (Å²) in [5.41, 5.74) is 1.91. The zero-order valence-electron chi connectivity index (χ0n) is 13.7. The van der Waals surface area contributed by atoms with Crippen LogP contribution in [0.15, 0.2) is 36.4 Å². The highest BCUT2D eigenvalue weighted by atomic mass is 35.5. The highest BCUT2D eigenvalue weighted by Gasteiger charge is 2.22. The third-order valence-electron chi connectivity index (χ3n) is 4.52. The first-order chi connectivity index (χ1) is 12.7. The Morgan fingerprint density at radius 3 is 2.23 bits per heavy atom. The third kappa shape index (κ3) is 2.91. The maximum Gasteiger partial charge on any atom is 0.186 e. The van der Waals surface area contributed by atoms with Gasteiger partial charge in [-0.25, -0.2) is 9.97 Å². The summed E-state index contributed by atoms with van der Waals surface area (Å²) in [6.07, 6.45) is 0. The first-order valence-corrected chi connectivity index (χ1v) is 10.7. The fourth-order valence-corrected chi connectivity index (χ4v) is 5.76. The summed E-state index contributed by atoms with van der Waals surface area (Å²) in [5.74, 6) is 0. The average molecular weight is 421 g/mol. The molecule has 1 aliphatic heterocycles. The molecule has 0 N–H and O–H groups in total. The fraction of sp³-hybridized carbons (Fsp3) is 0.222. The second-order valence-electron chi connectivity index (χ2n) is 6.17. The molecule has 26 heavy (non-hydrogen) atoms. The number of hydrogen-bond donors (Lipinski definition) is 0. The van der Waals surface area contributed by atoms with E-state index >= 15 is 0 Å². The lowest BCUT2D eigenvalue weighted by Crippen LogP contribution is -2.46. The van der Waals surface area contributed by atoms with Crippen LogP contribution in [0.2, 0.25) is 10.0 Å². The van der Waals surface area contributed by atoms with Gasteiger partial charge in [0.15, 0.2) is 10.3 Å². The number of hydrogen-bond acceptors (Lipinski definition) is 6. The van der Waals surface area contributed by atoms with E-state index in [4.69, 9.17) is 33.2 Å². The highest BCUT2D eigenvalue weighted by Crippen LogP contribution is 2.35. The molecule has 3 heterocycles. The summed E-state index contributed by atoms with van der Waals surface area (Å²) >= 11 is 15.8. The van der Waals surface area contributed by atoms with E-state index in [0.717, 1.165) is 66.9 Å². The smallest absolute Gasteiger partial charge is 0.186 e. The summed E-state index contributed by atoms with van der Waals surface area (Å²) in [6.45, 7) is 3.71. The quantitative estimate of drug-likeness (QED) is 0.426. The highest BCUT2D eigenvalue weighted by molar-refractivity contribution is 7.22. The Bertz CT molecular complexity index is 1100. The Kier molecular flexibility index (Phi) is 4.16. The molecule has 0 spiro atoms. The van der Waals surface area contributed by atoms with Crippen LogP contribution >= 0.6 is 45.9 Å². The van der Waals surface area contributed by atoms with Gasteiger partial charge in [-0.05, 0) is 30.3 Å². The number of para-hydroxylation sites is 1. The van der Waals surface area contributed by atoms with Crippen LogP contribution in [0.4, 0.5) is 10.3 Å². The van der Waals surface area contributed by atoms with Crippen LogP contribution in [0.25, 0.3) is 20.4 Å². The number of aromatic nitrogens is 2. The lowest BCUT2D eigenvalue weighted by molar-refractivity contribution is 0.651. The summed E-state index contributed by atoms with van der Waals surface area (Å²) in [5, 5.41) is 3.59. The number of rotatable bonds is 2. The van der Waals surface area contributed by atoms with Gasteiger partial charge in [-0.2, -0.15) is 0 Å². The van der Waals surface area contributed by atoms with Gasteiger partial charge in [0.25, 0.3) is 0 Å². The molecule has 0 bridgehead atoms. The molecule has 132 valence electrons. The van der Waals surface area contributed by atoms with Gasteiger partial charge in [-0.15, -0.1) is 0 Å². The third-order valence-corrected chi connectivity index (χ3v) is 7.22. The molecule has 0 saturated carbocycles. The standard InChI is InChI=1S/C18H14Cl2N4S2/c19-11-4-5-13-15(10-11)26-17(21-13)23-6-8-24(9-7-23)18-22-16-12(20)2-1-3-14(16)25-18/h1-5,10H,6-9H2. The normalized spacial score (nSPS) is 15.3. The van der Waals surface area contributed by atoms with Gasteiger partial charge in [0.05, 0.1) is 19.9 Å². The second-order valence-corrected chi connectivity index (χ2v) is 9.03.